The first-order chi connectivity index (χ1) is 6.68. The van der Waals surface area contributed by atoms with Crippen LogP contribution < -0.4 is 5.73 Å². The van der Waals surface area contributed by atoms with E-state index in [1.807, 2.05) is 11.7 Å². The molecule has 1 heterocycles. The smallest absolute Gasteiger partial charge is 0.0689 e. The van der Waals surface area contributed by atoms with Gasteiger partial charge < -0.3 is 5.73 Å². The summed E-state index contributed by atoms with van der Waals surface area (Å²) >= 11 is 0. The van der Waals surface area contributed by atoms with E-state index >= 15 is 0 Å². The molecular formula is C11H19N3. The standard InChI is InChI=1S/C11H19N3/c1-9-8-10(13-14(9)2)11(6-7-12)4-3-5-11/h8H,3-7,12H2,1-2H3. The summed E-state index contributed by atoms with van der Waals surface area (Å²) in [4.78, 5) is 0. The van der Waals surface area contributed by atoms with Gasteiger partial charge in [-0.3, -0.25) is 4.68 Å². The first-order valence-corrected chi connectivity index (χ1v) is 5.39. The van der Waals surface area contributed by atoms with Gasteiger partial charge in [0.05, 0.1) is 5.69 Å². The quantitative estimate of drug-likeness (QED) is 0.790. The fourth-order valence-electron chi connectivity index (χ4n) is 2.33. The molecule has 78 valence electrons. The number of aryl methyl sites for hydroxylation is 2. The van der Waals surface area contributed by atoms with Crippen LogP contribution in [0.15, 0.2) is 6.07 Å². The van der Waals surface area contributed by atoms with Crippen LogP contribution in [0.5, 0.6) is 0 Å². The van der Waals surface area contributed by atoms with E-state index in [0.717, 1.165) is 13.0 Å². The Hall–Kier alpha value is -0.830. The Labute approximate surface area is 85.3 Å². The molecule has 2 rings (SSSR count). The van der Waals surface area contributed by atoms with Crippen molar-refractivity contribution >= 4 is 0 Å². The van der Waals surface area contributed by atoms with Crippen molar-refractivity contribution < 1.29 is 0 Å². The van der Waals surface area contributed by atoms with Crippen molar-refractivity contribution in [1.29, 1.82) is 0 Å². The topological polar surface area (TPSA) is 43.8 Å². The molecule has 0 amide bonds. The van der Waals surface area contributed by atoms with Gasteiger partial charge in [-0.25, -0.2) is 0 Å². The number of hydrogen-bond donors (Lipinski definition) is 1. The minimum atomic E-state index is 0.320. The lowest BCUT2D eigenvalue weighted by molar-refractivity contribution is 0.221. The highest BCUT2D eigenvalue weighted by atomic mass is 15.3. The molecule has 2 N–H and O–H groups in total. The molecule has 14 heavy (non-hydrogen) atoms. The number of nitrogens with zero attached hydrogens (tertiary/aromatic N) is 2. The second-order valence-electron chi connectivity index (χ2n) is 4.47. The Balaban J connectivity index is 2.27. The van der Waals surface area contributed by atoms with E-state index < -0.39 is 0 Å². The molecule has 0 radical (unpaired) electrons. The van der Waals surface area contributed by atoms with Crippen molar-refractivity contribution in [2.24, 2.45) is 12.8 Å². The lowest BCUT2D eigenvalue weighted by atomic mass is 9.64. The molecule has 1 aliphatic rings. The maximum absolute atomic E-state index is 5.67. The molecule has 1 fully saturated rings. The molecule has 3 heteroatoms. The maximum atomic E-state index is 5.67. The van der Waals surface area contributed by atoms with E-state index in [1.165, 1.54) is 30.7 Å². The van der Waals surface area contributed by atoms with Gasteiger partial charge in [0.2, 0.25) is 0 Å². The zero-order valence-electron chi connectivity index (χ0n) is 9.08. The van der Waals surface area contributed by atoms with Gasteiger partial charge in [-0.2, -0.15) is 5.10 Å². The monoisotopic (exact) mass is 193 g/mol. The molecular weight excluding hydrogens is 174 g/mol. The second-order valence-corrected chi connectivity index (χ2v) is 4.47. The molecule has 1 saturated carbocycles. The third kappa shape index (κ3) is 1.36. The summed E-state index contributed by atoms with van der Waals surface area (Å²) in [6.45, 7) is 2.88. The normalized spacial score (nSPS) is 19.4. The van der Waals surface area contributed by atoms with Gasteiger partial charge in [0.1, 0.15) is 0 Å². The Kier molecular flexibility index (Phi) is 2.35. The highest BCUT2D eigenvalue weighted by Crippen LogP contribution is 2.45. The molecule has 3 nitrogen and oxygen atoms in total. The predicted octanol–water partition coefficient (Wildman–Crippen LogP) is 1.50. The van der Waals surface area contributed by atoms with Crippen LogP contribution in [0.2, 0.25) is 0 Å². The average molecular weight is 193 g/mol. The van der Waals surface area contributed by atoms with Gasteiger partial charge in [-0.1, -0.05) is 6.42 Å². The van der Waals surface area contributed by atoms with Crippen LogP contribution in [0.25, 0.3) is 0 Å². The lowest BCUT2D eigenvalue weighted by Gasteiger charge is -2.40. The van der Waals surface area contributed by atoms with E-state index in [9.17, 15) is 0 Å². The Morgan fingerprint density at radius 2 is 2.29 bits per heavy atom. The minimum absolute atomic E-state index is 0.320. The summed E-state index contributed by atoms with van der Waals surface area (Å²) in [5.41, 5.74) is 8.49. The molecule has 0 aliphatic heterocycles. The van der Waals surface area contributed by atoms with Gasteiger partial charge >= 0.3 is 0 Å². The first-order valence-electron chi connectivity index (χ1n) is 5.39. The molecule has 0 spiro atoms. The zero-order chi connectivity index (χ0) is 10.2. The molecule has 0 bridgehead atoms. The van der Waals surface area contributed by atoms with Gasteiger partial charge in [-0.15, -0.1) is 0 Å². The van der Waals surface area contributed by atoms with E-state index in [-0.39, 0.29) is 0 Å². The van der Waals surface area contributed by atoms with Crippen LogP contribution >= 0.6 is 0 Å². The average Bonchev–Trinajstić information content (AvgIpc) is 2.40. The number of aromatic nitrogens is 2. The minimum Gasteiger partial charge on any atom is -0.330 e. The van der Waals surface area contributed by atoms with Gasteiger partial charge in [0, 0.05) is 18.2 Å². The summed E-state index contributed by atoms with van der Waals surface area (Å²) in [6.07, 6.45) is 4.94. The highest BCUT2D eigenvalue weighted by Gasteiger charge is 2.39. The fraction of sp³-hybridized carbons (Fsp3) is 0.727. The van der Waals surface area contributed by atoms with Crippen molar-refractivity contribution in [3.8, 4) is 0 Å². The molecule has 0 atom stereocenters. The Bertz CT molecular complexity index is 304. The van der Waals surface area contributed by atoms with E-state index in [0.29, 0.717) is 5.41 Å². The van der Waals surface area contributed by atoms with Crippen LogP contribution in [0.4, 0.5) is 0 Å². The van der Waals surface area contributed by atoms with Crippen LogP contribution in [-0.4, -0.2) is 16.3 Å². The third-order valence-corrected chi connectivity index (χ3v) is 3.59. The van der Waals surface area contributed by atoms with Crippen LogP contribution in [-0.2, 0) is 12.5 Å². The predicted molar refractivity (Wildman–Crippen MR) is 57.1 cm³/mol. The number of nitrogens with two attached hydrogens (primary N) is 1. The summed E-state index contributed by atoms with van der Waals surface area (Å²) < 4.78 is 1.96. The van der Waals surface area contributed by atoms with Crippen LogP contribution in [0, 0.1) is 6.92 Å². The molecule has 1 aliphatic carbocycles. The van der Waals surface area contributed by atoms with Gasteiger partial charge in [0.25, 0.3) is 0 Å². The Morgan fingerprint density at radius 3 is 2.64 bits per heavy atom. The summed E-state index contributed by atoms with van der Waals surface area (Å²) in [6, 6.07) is 2.22. The van der Waals surface area contributed by atoms with Gasteiger partial charge in [0.15, 0.2) is 0 Å². The van der Waals surface area contributed by atoms with Crippen molar-refractivity contribution in [2.75, 3.05) is 6.54 Å². The van der Waals surface area contributed by atoms with Crippen molar-refractivity contribution in [1.82, 2.24) is 9.78 Å². The Morgan fingerprint density at radius 1 is 1.57 bits per heavy atom. The number of hydrogen-bond acceptors (Lipinski definition) is 2. The number of rotatable bonds is 3. The highest BCUT2D eigenvalue weighted by molar-refractivity contribution is 5.22. The third-order valence-electron chi connectivity index (χ3n) is 3.59. The summed E-state index contributed by atoms with van der Waals surface area (Å²) in [7, 11) is 2.01. The van der Waals surface area contributed by atoms with Gasteiger partial charge in [-0.05, 0) is 38.8 Å². The molecule has 1 aromatic rings. The molecule has 0 saturated heterocycles. The zero-order valence-corrected chi connectivity index (χ0v) is 9.08. The summed E-state index contributed by atoms with van der Waals surface area (Å²) in [5, 5.41) is 4.58. The van der Waals surface area contributed by atoms with E-state index in [4.69, 9.17) is 5.73 Å². The van der Waals surface area contributed by atoms with Crippen molar-refractivity contribution in [3.05, 3.63) is 17.5 Å². The molecule has 1 aromatic heterocycles. The summed E-state index contributed by atoms with van der Waals surface area (Å²) in [5.74, 6) is 0. The van der Waals surface area contributed by atoms with Crippen molar-refractivity contribution in [2.45, 2.75) is 38.0 Å². The lowest BCUT2D eigenvalue weighted by Crippen LogP contribution is -2.36. The van der Waals surface area contributed by atoms with Crippen LogP contribution in [0.3, 0.4) is 0 Å². The van der Waals surface area contributed by atoms with Crippen molar-refractivity contribution in [3.63, 3.8) is 0 Å². The van der Waals surface area contributed by atoms with E-state index in [2.05, 4.69) is 18.1 Å². The first kappa shape index (κ1) is 9.71. The largest absolute Gasteiger partial charge is 0.330 e. The molecule has 0 unspecified atom stereocenters. The SMILES string of the molecule is Cc1cc(C2(CCN)CCC2)nn1C. The van der Waals surface area contributed by atoms with E-state index in [1.54, 1.807) is 0 Å². The second kappa shape index (κ2) is 3.39. The van der Waals surface area contributed by atoms with Crippen LogP contribution in [0.1, 0.15) is 37.1 Å². The molecule has 0 aromatic carbocycles. The maximum Gasteiger partial charge on any atom is 0.0689 e. The fourth-order valence-corrected chi connectivity index (χ4v) is 2.33.